The molecule has 4 nitrogen and oxygen atoms in total. The number of benzene rings is 1. The van der Waals surface area contributed by atoms with Crippen molar-refractivity contribution in [3.8, 4) is 17.3 Å². The lowest BCUT2D eigenvalue weighted by atomic mass is 10.2. The third-order valence-corrected chi connectivity index (χ3v) is 4.68. The number of allylic oxidation sites excluding steroid dienone is 1. The van der Waals surface area contributed by atoms with Gasteiger partial charge >= 0.3 is 0 Å². The number of aliphatic hydroxyl groups excluding tert-OH is 1. The number of hydrogen-bond donors (Lipinski definition) is 1. The zero-order chi connectivity index (χ0) is 17.5. The Hall–Kier alpha value is -1.87. The van der Waals surface area contributed by atoms with Crippen LogP contribution in [-0.4, -0.2) is 35.1 Å². The van der Waals surface area contributed by atoms with Crippen LogP contribution in [0, 0.1) is 11.3 Å². The Labute approximate surface area is 151 Å². The summed E-state index contributed by atoms with van der Waals surface area (Å²) in [5.41, 5.74) is 1.94. The number of hydrogen-bond acceptors (Lipinski definition) is 5. The van der Waals surface area contributed by atoms with Gasteiger partial charge in [-0.25, -0.2) is 4.98 Å². The highest BCUT2D eigenvalue weighted by atomic mass is 35.5. The minimum atomic E-state index is 0.0631. The van der Waals surface area contributed by atoms with E-state index >= 15 is 0 Å². The average molecular weight is 362 g/mol. The highest BCUT2D eigenvalue weighted by molar-refractivity contribution is 7.11. The topological polar surface area (TPSA) is 60.1 Å². The first-order valence-electron chi connectivity index (χ1n) is 7.77. The smallest absolute Gasteiger partial charge is 0.138 e. The molecule has 0 bridgehead atoms. The number of rotatable bonds is 7. The number of aliphatic hydroxyl groups is 1. The molecule has 0 fully saturated rings. The molecule has 2 aromatic rings. The summed E-state index contributed by atoms with van der Waals surface area (Å²) >= 11 is 7.25. The summed E-state index contributed by atoms with van der Waals surface area (Å²) in [5.74, 6) is 0.0631. The Bertz CT molecular complexity index is 746. The number of thiazole rings is 1. The Morgan fingerprint density at radius 3 is 2.71 bits per heavy atom. The van der Waals surface area contributed by atoms with Crippen LogP contribution in [0.1, 0.15) is 24.8 Å². The van der Waals surface area contributed by atoms with E-state index in [1.54, 1.807) is 12.1 Å². The van der Waals surface area contributed by atoms with Crippen LogP contribution in [0.2, 0.25) is 5.02 Å². The van der Waals surface area contributed by atoms with Gasteiger partial charge in [0.1, 0.15) is 22.4 Å². The van der Waals surface area contributed by atoms with Crippen LogP contribution < -0.4 is 0 Å². The molecule has 6 heteroatoms. The van der Waals surface area contributed by atoms with Crippen LogP contribution in [0.15, 0.2) is 35.4 Å². The molecule has 2 rings (SSSR count). The molecule has 0 spiro atoms. The third-order valence-electron chi connectivity index (χ3n) is 3.57. The van der Waals surface area contributed by atoms with Gasteiger partial charge in [0.2, 0.25) is 0 Å². The van der Waals surface area contributed by atoms with Gasteiger partial charge in [0.15, 0.2) is 0 Å². The predicted molar refractivity (Wildman–Crippen MR) is 100 cm³/mol. The van der Waals surface area contributed by atoms with Crippen LogP contribution in [0.3, 0.4) is 0 Å². The largest absolute Gasteiger partial charge is 0.509 e. The van der Waals surface area contributed by atoms with Crippen molar-refractivity contribution in [1.82, 2.24) is 9.88 Å². The van der Waals surface area contributed by atoms with Crippen molar-refractivity contribution in [3.05, 3.63) is 45.4 Å². The Balaban J connectivity index is 2.20. The monoisotopic (exact) mass is 361 g/mol. The van der Waals surface area contributed by atoms with Crippen molar-refractivity contribution in [3.63, 3.8) is 0 Å². The number of likely N-dealkylation sites (N-methyl/N-ethyl adjacent to an activating group) is 1. The van der Waals surface area contributed by atoms with E-state index in [2.05, 4.69) is 18.0 Å². The number of nitriles is 1. The SMILES string of the molecule is CCCCN(C)C/C(O)=C(\C#N)c1nc(-c2ccc(Cl)cc2)cs1. The zero-order valence-electron chi connectivity index (χ0n) is 13.8. The van der Waals surface area contributed by atoms with E-state index in [0.717, 1.165) is 30.6 Å². The Morgan fingerprint density at radius 1 is 1.38 bits per heavy atom. The van der Waals surface area contributed by atoms with Crippen molar-refractivity contribution >= 4 is 28.5 Å². The van der Waals surface area contributed by atoms with Gasteiger partial charge in [0.05, 0.1) is 12.2 Å². The summed E-state index contributed by atoms with van der Waals surface area (Å²) in [6.45, 7) is 3.35. The normalized spacial score (nSPS) is 12.1. The molecule has 0 aliphatic carbocycles. The number of unbranched alkanes of at least 4 members (excludes halogenated alkanes) is 1. The quantitative estimate of drug-likeness (QED) is 0.557. The molecule has 0 aliphatic heterocycles. The summed E-state index contributed by atoms with van der Waals surface area (Å²) in [7, 11) is 1.93. The first-order valence-corrected chi connectivity index (χ1v) is 9.03. The van der Waals surface area contributed by atoms with E-state index in [9.17, 15) is 10.4 Å². The zero-order valence-corrected chi connectivity index (χ0v) is 15.4. The molecule has 0 atom stereocenters. The van der Waals surface area contributed by atoms with Crippen molar-refractivity contribution in [1.29, 1.82) is 5.26 Å². The highest BCUT2D eigenvalue weighted by Gasteiger charge is 2.15. The van der Waals surface area contributed by atoms with Crippen LogP contribution in [-0.2, 0) is 0 Å². The molecule has 1 N–H and O–H groups in total. The molecule has 1 aromatic carbocycles. The standard InChI is InChI=1S/C18H20ClN3OS/c1-3-4-9-22(2)11-17(23)15(10-20)18-21-16(12-24-18)13-5-7-14(19)8-6-13/h5-8,12,23H,3-4,9,11H2,1-2H3/b17-15-. The summed E-state index contributed by atoms with van der Waals surface area (Å²) in [5, 5.41) is 22.8. The van der Waals surface area contributed by atoms with Crippen molar-refractivity contribution in [2.45, 2.75) is 19.8 Å². The molecule has 0 saturated heterocycles. The van der Waals surface area contributed by atoms with Crippen molar-refractivity contribution in [2.24, 2.45) is 0 Å². The van der Waals surface area contributed by atoms with Crippen molar-refractivity contribution < 1.29 is 5.11 Å². The number of nitrogens with zero attached hydrogens (tertiary/aromatic N) is 3. The van der Waals surface area contributed by atoms with Gasteiger partial charge in [0.25, 0.3) is 0 Å². The van der Waals surface area contributed by atoms with Gasteiger partial charge in [0, 0.05) is 16.0 Å². The molecule has 0 radical (unpaired) electrons. The molecular weight excluding hydrogens is 342 g/mol. The van der Waals surface area contributed by atoms with Crippen molar-refractivity contribution in [2.75, 3.05) is 20.1 Å². The Morgan fingerprint density at radius 2 is 2.08 bits per heavy atom. The molecule has 126 valence electrons. The second-order valence-electron chi connectivity index (χ2n) is 5.57. The summed E-state index contributed by atoms with van der Waals surface area (Å²) in [6.07, 6.45) is 2.15. The Kier molecular flexibility index (Phi) is 6.80. The summed E-state index contributed by atoms with van der Waals surface area (Å²) < 4.78 is 0. The second kappa shape index (κ2) is 8.84. The van der Waals surface area contributed by atoms with Crippen LogP contribution >= 0.6 is 22.9 Å². The second-order valence-corrected chi connectivity index (χ2v) is 6.86. The predicted octanol–water partition coefficient (Wildman–Crippen LogP) is 4.99. The van der Waals surface area contributed by atoms with E-state index in [1.165, 1.54) is 11.3 Å². The fourth-order valence-corrected chi connectivity index (χ4v) is 3.19. The summed E-state index contributed by atoms with van der Waals surface area (Å²) in [4.78, 5) is 6.49. The van der Waals surface area contributed by atoms with E-state index in [0.29, 0.717) is 16.6 Å². The fourth-order valence-electron chi connectivity index (χ4n) is 2.22. The molecule has 1 aromatic heterocycles. The van der Waals surface area contributed by atoms with Crippen LogP contribution in [0.4, 0.5) is 0 Å². The van der Waals surface area contributed by atoms with Gasteiger partial charge in [-0.15, -0.1) is 11.3 Å². The summed E-state index contributed by atoms with van der Waals surface area (Å²) in [6, 6.07) is 9.46. The van der Waals surface area contributed by atoms with Crippen LogP contribution in [0.5, 0.6) is 0 Å². The molecule has 0 amide bonds. The maximum Gasteiger partial charge on any atom is 0.138 e. The van der Waals surface area contributed by atoms with Gasteiger partial charge in [-0.05, 0) is 32.1 Å². The average Bonchev–Trinajstić information content (AvgIpc) is 3.04. The lowest BCUT2D eigenvalue weighted by molar-refractivity contribution is 0.288. The maximum atomic E-state index is 10.3. The number of halogens is 1. The van der Waals surface area contributed by atoms with E-state index in [4.69, 9.17) is 11.6 Å². The molecule has 24 heavy (non-hydrogen) atoms. The fraction of sp³-hybridized carbons (Fsp3) is 0.333. The molecule has 0 unspecified atom stereocenters. The number of aromatic nitrogens is 1. The molecular formula is C18H20ClN3OS. The molecule has 1 heterocycles. The van der Waals surface area contributed by atoms with Gasteiger partial charge in [-0.2, -0.15) is 5.26 Å². The third kappa shape index (κ3) is 4.81. The highest BCUT2D eigenvalue weighted by Crippen LogP contribution is 2.28. The first kappa shape index (κ1) is 18.5. The maximum absolute atomic E-state index is 10.3. The lowest BCUT2D eigenvalue weighted by Crippen LogP contribution is -2.22. The van der Waals surface area contributed by atoms with Gasteiger partial charge in [-0.1, -0.05) is 37.1 Å². The van der Waals surface area contributed by atoms with Crippen LogP contribution in [0.25, 0.3) is 16.8 Å². The lowest BCUT2D eigenvalue weighted by Gasteiger charge is -2.15. The molecule has 0 aliphatic rings. The minimum absolute atomic E-state index is 0.0631. The van der Waals surface area contributed by atoms with E-state index in [-0.39, 0.29) is 11.3 Å². The first-order chi connectivity index (χ1) is 11.5. The van der Waals surface area contributed by atoms with E-state index in [1.807, 2.05) is 29.5 Å². The van der Waals surface area contributed by atoms with Gasteiger partial charge in [-0.3, -0.25) is 4.90 Å². The molecule has 0 saturated carbocycles. The van der Waals surface area contributed by atoms with E-state index < -0.39 is 0 Å². The minimum Gasteiger partial charge on any atom is -0.509 e. The van der Waals surface area contributed by atoms with Gasteiger partial charge < -0.3 is 5.11 Å².